The van der Waals surface area contributed by atoms with Gasteiger partial charge in [0.25, 0.3) is 5.91 Å². The number of hydrogen-bond donors (Lipinski definition) is 1. The van der Waals surface area contributed by atoms with E-state index in [0.29, 0.717) is 19.6 Å². The molecule has 2 saturated heterocycles. The summed E-state index contributed by atoms with van der Waals surface area (Å²) in [6.07, 6.45) is 3.75. The zero-order valence-electron chi connectivity index (χ0n) is 14.3. The van der Waals surface area contributed by atoms with Crippen molar-refractivity contribution in [1.82, 2.24) is 10.2 Å². The first-order valence-corrected chi connectivity index (χ1v) is 8.89. The van der Waals surface area contributed by atoms with Crippen molar-refractivity contribution < 1.29 is 14.3 Å². The van der Waals surface area contributed by atoms with Crippen LogP contribution >= 0.6 is 0 Å². The molecule has 0 radical (unpaired) electrons. The molecule has 0 spiro atoms. The topological polar surface area (TPSA) is 58.6 Å². The molecule has 0 unspecified atom stereocenters. The molecule has 0 bridgehead atoms. The standard InChI is InChI=1S/C19H26N2O3/c1-14-5-2-3-7-17(14)19(23)21-10-8-15(9-11-21)18(22)20-13-16-6-4-12-24-16/h2-3,5,7,15-16H,4,6,8-13H2,1H3,(H,20,22)/t16-/m1/s1. The van der Waals surface area contributed by atoms with Crippen molar-refractivity contribution in [1.29, 1.82) is 0 Å². The third kappa shape index (κ3) is 3.96. The van der Waals surface area contributed by atoms with E-state index < -0.39 is 0 Å². The lowest BCUT2D eigenvalue weighted by molar-refractivity contribution is -0.126. The molecule has 0 saturated carbocycles. The number of nitrogens with zero attached hydrogens (tertiary/aromatic N) is 1. The number of amides is 2. The first-order valence-electron chi connectivity index (χ1n) is 8.89. The van der Waals surface area contributed by atoms with Crippen LogP contribution in [0.15, 0.2) is 24.3 Å². The number of ether oxygens (including phenoxy) is 1. The summed E-state index contributed by atoms with van der Waals surface area (Å²) in [5.74, 6) is 0.187. The summed E-state index contributed by atoms with van der Waals surface area (Å²) in [5, 5.41) is 3.01. The number of nitrogens with one attached hydrogen (secondary N) is 1. The fourth-order valence-corrected chi connectivity index (χ4v) is 3.49. The Morgan fingerprint density at radius 2 is 1.96 bits per heavy atom. The zero-order valence-corrected chi connectivity index (χ0v) is 14.3. The summed E-state index contributed by atoms with van der Waals surface area (Å²) in [7, 11) is 0. The van der Waals surface area contributed by atoms with Crippen LogP contribution in [0.1, 0.15) is 41.6 Å². The van der Waals surface area contributed by atoms with Gasteiger partial charge in [-0.25, -0.2) is 0 Å². The molecule has 2 aliphatic rings. The minimum Gasteiger partial charge on any atom is -0.376 e. The molecule has 1 atom stereocenters. The highest BCUT2D eigenvalue weighted by molar-refractivity contribution is 5.95. The second kappa shape index (κ2) is 7.79. The van der Waals surface area contributed by atoms with Gasteiger partial charge in [-0.1, -0.05) is 18.2 Å². The Morgan fingerprint density at radius 1 is 1.21 bits per heavy atom. The summed E-state index contributed by atoms with van der Waals surface area (Å²) >= 11 is 0. The van der Waals surface area contributed by atoms with Crippen LogP contribution in [0.5, 0.6) is 0 Å². The van der Waals surface area contributed by atoms with Gasteiger partial charge in [0.2, 0.25) is 5.91 Å². The van der Waals surface area contributed by atoms with E-state index in [4.69, 9.17) is 4.74 Å². The van der Waals surface area contributed by atoms with E-state index in [2.05, 4.69) is 5.32 Å². The van der Waals surface area contributed by atoms with Crippen molar-refractivity contribution in [3.8, 4) is 0 Å². The summed E-state index contributed by atoms with van der Waals surface area (Å²) in [5.41, 5.74) is 1.76. The highest BCUT2D eigenvalue weighted by atomic mass is 16.5. The number of benzene rings is 1. The molecule has 24 heavy (non-hydrogen) atoms. The predicted molar refractivity (Wildman–Crippen MR) is 91.8 cm³/mol. The van der Waals surface area contributed by atoms with Crippen LogP contribution in [0.2, 0.25) is 0 Å². The normalized spacial score (nSPS) is 21.7. The van der Waals surface area contributed by atoms with Gasteiger partial charge in [-0.3, -0.25) is 9.59 Å². The van der Waals surface area contributed by atoms with Crippen molar-refractivity contribution in [3.05, 3.63) is 35.4 Å². The van der Waals surface area contributed by atoms with Gasteiger partial charge in [-0.2, -0.15) is 0 Å². The maximum Gasteiger partial charge on any atom is 0.254 e. The van der Waals surface area contributed by atoms with E-state index in [1.165, 1.54) is 0 Å². The number of carbonyl (C=O) groups is 2. The van der Waals surface area contributed by atoms with E-state index >= 15 is 0 Å². The van der Waals surface area contributed by atoms with Gasteiger partial charge in [0.15, 0.2) is 0 Å². The molecule has 1 aromatic rings. The fourth-order valence-electron chi connectivity index (χ4n) is 3.49. The van der Waals surface area contributed by atoms with Crippen LogP contribution < -0.4 is 5.32 Å². The van der Waals surface area contributed by atoms with Crippen molar-refractivity contribution in [3.63, 3.8) is 0 Å². The number of piperidine rings is 1. The number of hydrogen-bond acceptors (Lipinski definition) is 3. The maximum atomic E-state index is 12.6. The molecule has 5 heteroatoms. The number of aryl methyl sites for hydroxylation is 1. The summed E-state index contributed by atoms with van der Waals surface area (Å²) in [6.45, 7) is 4.66. The molecule has 130 valence electrons. The smallest absolute Gasteiger partial charge is 0.254 e. The monoisotopic (exact) mass is 330 g/mol. The summed E-state index contributed by atoms with van der Waals surface area (Å²) in [6, 6.07) is 7.67. The van der Waals surface area contributed by atoms with Crippen LogP contribution in [0.4, 0.5) is 0 Å². The molecule has 2 heterocycles. The largest absolute Gasteiger partial charge is 0.376 e. The zero-order chi connectivity index (χ0) is 16.9. The second-order valence-electron chi connectivity index (χ2n) is 6.76. The highest BCUT2D eigenvalue weighted by Crippen LogP contribution is 2.20. The molecule has 1 aromatic carbocycles. The lowest BCUT2D eigenvalue weighted by atomic mass is 9.95. The third-order valence-corrected chi connectivity index (χ3v) is 5.06. The maximum absolute atomic E-state index is 12.6. The van der Waals surface area contributed by atoms with Gasteiger partial charge in [-0.15, -0.1) is 0 Å². The van der Waals surface area contributed by atoms with Crippen molar-refractivity contribution >= 4 is 11.8 Å². The summed E-state index contributed by atoms with van der Waals surface area (Å²) in [4.78, 5) is 26.8. The van der Waals surface area contributed by atoms with E-state index in [1.807, 2.05) is 36.1 Å². The average molecular weight is 330 g/mol. The van der Waals surface area contributed by atoms with Crippen LogP contribution in [-0.4, -0.2) is 49.1 Å². The first-order chi connectivity index (χ1) is 11.6. The highest BCUT2D eigenvalue weighted by Gasteiger charge is 2.28. The Labute approximate surface area is 143 Å². The second-order valence-corrected chi connectivity index (χ2v) is 6.76. The Kier molecular flexibility index (Phi) is 5.51. The first kappa shape index (κ1) is 17.0. The molecule has 2 fully saturated rings. The Hall–Kier alpha value is -1.88. The molecule has 5 nitrogen and oxygen atoms in total. The van der Waals surface area contributed by atoms with Gasteiger partial charge in [0, 0.05) is 37.7 Å². The SMILES string of the molecule is Cc1ccccc1C(=O)N1CCC(C(=O)NC[C@H]2CCCO2)CC1. The summed E-state index contributed by atoms with van der Waals surface area (Å²) < 4.78 is 5.53. The minimum atomic E-state index is 0.00678. The quantitative estimate of drug-likeness (QED) is 0.920. The average Bonchev–Trinajstić information content (AvgIpc) is 3.13. The van der Waals surface area contributed by atoms with Crippen LogP contribution in [0.25, 0.3) is 0 Å². The molecular weight excluding hydrogens is 304 g/mol. The molecule has 0 aromatic heterocycles. The van der Waals surface area contributed by atoms with E-state index in [0.717, 1.165) is 43.4 Å². The van der Waals surface area contributed by atoms with Gasteiger partial charge in [0.05, 0.1) is 6.10 Å². The fraction of sp³-hybridized carbons (Fsp3) is 0.579. The van der Waals surface area contributed by atoms with Gasteiger partial charge >= 0.3 is 0 Å². The van der Waals surface area contributed by atoms with Crippen molar-refractivity contribution in [2.45, 2.75) is 38.7 Å². The molecule has 0 aliphatic carbocycles. The van der Waals surface area contributed by atoms with E-state index in [-0.39, 0.29) is 23.8 Å². The minimum absolute atomic E-state index is 0.00678. The van der Waals surface area contributed by atoms with Crippen LogP contribution in [0, 0.1) is 12.8 Å². The number of carbonyl (C=O) groups excluding carboxylic acids is 2. The van der Waals surface area contributed by atoms with Crippen molar-refractivity contribution in [2.75, 3.05) is 26.2 Å². The number of likely N-dealkylation sites (tertiary alicyclic amines) is 1. The van der Waals surface area contributed by atoms with Gasteiger partial charge < -0.3 is 15.0 Å². The Bertz CT molecular complexity index is 588. The molecule has 1 N–H and O–H groups in total. The molecule has 3 rings (SSSR count). The predicted octanol–water partition coefficient (Wildman–Crippen LogP) is 2.14. The van der Waals surface area contributed by atoms with Gasteiger partial charge in [0.1, 0.15) is 0 Å². The van der Waals surface area contributed by atoms with E-state index in [9.17, 15) is 9.59 Å². The Balaban J connectivity index is 1.47. The lowest BCUT2D eigenvalue weighted by Gasteiger charge is -2.32. The molecule has 2 amide bonds. The van der Waals surface area contributed by atoms with Crippen LogP contribution in [-0.2, 0) is 9.53 Å². The Morgan fingerprint density at radius 3 is 2.62 bits per heavy atom. The third-order valence-electron chi connectivity index (χ3n) is 5.06. The van der Waals surface area contributed by atoms with E-state index in [1.54, 1.807) is 0 Å². The number of rotatable bonds is 4. The van der Waals surface area contributed by atoms with Gasteiger partial charge in [-0.05, 0) is 44.2 Å². The molecular formula is C19H26N2O3. The van der Waals surface area contributed by atoms with Crippen molar-refractivity contribution in [2.24, 2.45) is 5.92 Å². The molecule has 2 aliphatic heterocycles. The lowest BCUT2D eigenvalue weighted by Crippen LogP contribution is -2.44. The van der Waals surface area contributed by atoms with Crippen LogP contribution in [0.3, 0.4) is 0 Å².